The van der Waals surface area contributed by atoms with Gasteiger partial charge < -0.3 is 19.5 Å². The summed E-state index contributed by atoms with van der Waals surface area (Å²) in [5.41, 5.74) is 1.04. The van der Waals surface area contributed by atoms with E-state index in [-0.39, 0.29) is 11.6 Å². The Morgan fingerprint density at radius 3 is 2.58 bits per heavy atom. The molecule has 1 unspecified atom stereocenters. The van der Waals surface area contributed by atoms with E-state index in [4.69, 9.17) is 9.15 Å². The molecule has 0 aliphatic heterocycles. The van der Waals surface area contributed by atoms with E-state index in [1.165, 1.54) is 12.3 Å². The molecule has 0 aliphatic carbocycles. The summed E-state index contributed by atoms with van der Waals surface area (Å²) in [4.78, 5) is 27.3. The van der Waals surface area contributed by atoms with Gasteiger partial charge in [-0.3, -0.25) is 9.59 Å². The van der Waals surface area contributed by atoms with Crippen molar-refractivity contribution in [2.24, 2.45) is 0 Å². The van der Waals surface area contributed by atoms with Crippen LogP contribution in [0.1, 0.15) is 35.8 Å². The molecule has 3 aromatic rings. The Balaban J connectivity index is 1.72. The number of aromatic amines is 1. The van der Waals surface area contributed by atoms with Gasteiger partial charge in [0, 0.05) is 0 Å². The zero-order chi connectivity index (χ0) is 18.5. The van der Waals surface area contributed by atoms with Crippen LogP contribution in [0.3, 0.4) is 0 Å². The van der Waals surface area contributed by atoms with Crippen molar-refractivity contribution in [2.75, 3.05) is 6.61 Å². The molecule has 6 heteroatoms. The van der Waals surface area contributed by atoms with E-state index in [1.54, 1.807) is 18.2 Å². The molecule has 0 spiro atoms. The minimum atomic E-state index is -0.463. The SMILES string of the molecule is CCOc1ccc(C(C)NC(=O)c2ccc(-c3ccco3)[nH]c2=O)cc1. The Labute approximate surface area is 150 Å². The van der Waals surface area contributed by atoms with Crippen molar-refractivity contribution < 1.29 is 13.9 Å². The first-order chi connectivity index (χ1) is 12.6. The van der Waals surface area contributed by atoms with Crippen LogP contribution in [0, 0.1) is 0 Å². The summed E-state index contributed by atoms with van der Waals surface area (Å²) in [7, 11) is 0. The van der Waals surface area contributed by atoms with E-state index in [0.717, 1.165) is 11.3 Å². The van der Waals surface area contributed by atoms with Crippen LogP contribution >= 0.6 is 0 Å². The van der Waals surface area contributed by atoms with Gasteiger partial charge in [-0.05, 0) is 55.8 Å². The Kier molecular flexibility index (Phi) is 5.22. The normalized spacial score (nSPS) is 11.8. The zero-order valence-electron chi connectivity index (χ0n) is 14.6. The summed E-state index contributed by atoms with van der Waals surface area (Å²) in [6, 6.07) is 13.8. The van der Waals surface area contributed by atoms with Crippen LogP contribution in [0.4, 0.5) is 0 Å². The number of amides is 1. The lowest BCUT2D eigenvalue weighted by Gasteiger charge is -2.15. The van der Waals surface area contributed by atoms with Gasteiger partial charge in [0.1, 0.15) is 17.1 Å². The fraction of sp³-hybridized carbons (Fsp3) is 0.200. The Morgan fingerprint density at radius 1 is 1.19 bits per heavy atom. The molecule has 0 saturated heterocycles. The third-order valence-electron chi connectivity index (χ3n) is 3.98. The standard InChI is InChI=1S/C20H20N2O4/c1-3-25-15-8-6-14(7-9-15)13(2)21-19(23)16-10-11-17(22-20(16)24)18-5-4-12-26-18/h4-13H,3H2,1-2H3,(H,21,23)(H,22,24). The average Bonchev–Trinajstić information content (AvgIpc) is 3.17. The predicted molar refractivity (Wildman–Crippen MR) is 98.3 cm³/mol. The van der Waals surface area contributed by atoms with Crippen LogP contribution in [-0.4, -0.2) is 17.5 Å². The number of rotatable bonds is 6. The lowest BCUT2D eigenvalue weighted by Crippen LogP contribution is -2.31. The highest BCUT2D eigenvalue weighted by Crippen LogP contribution is 2.18. The molecular formula is C20H20N2O4. The topological polar surface area (TPSA) is 84.3 Å². The number of benzene rings is 1. The largest absolute Gasteiger partial charge is 0.494 e. The number of hydrogen-bond donors (Lipinski definition) is 2. The molecule has 26 heavy (non-hydrogen) atoms. The molecule has 2 aromatic heterocycles. The molecule has 2 heterocycles. The molecule has 1 aromatic carbocycles. The minimum Gasteiger partial charge on any atom is -0.494 e. The van der Waals surface area contributed by atoms with Crippen LogP contribution in [0.25, 0.3) is 11.5 Å². The van der Waals surface area contributed by atoms with Gasteiger partial charge in [-0.1, -0.05) is 12.1 Å². The number of nitrogens with one attached hydrogen (secondary N) is 2. The first-order valence-corrected chi connectivity index (χ1v) is 8.39. The van der Waals surface area contributed by atoms with Gasteiger partial charge in [-0.25, -0.2) is 0 Å². The highest BCUT2D eigenvalue weighted by molar-refractivity contribution is 5.94. The molecule has 134 valence electrons. The van der Waals surface area contributed by atoms with Gasteiger partial charge >= 0.3 is 0 Å². The van der Waals surface area contributed by atoms with Gasteiger partial charge in [0.25, 0.3) is 11.5 Å². The van der Waals surface area contributed by atoms with Crippen molar-refractivity contribution in [1.29, 1.82) is 0 Å². The van der Waals surface area contributed by atoms with E-state index in [1.807, 2.05) is 38.1 Å². The number of ether oxygens (including phenoxy) is 1. The highest BCUT2D eigenvalue weighted by atomic mass is 16.5. The van der Waals surface area contributed by atoms with Crippen LogP contribution < -0.4 is 15.6 Å². The highest BCUT2D eigenvalue weighted by Gasteiger charge is 2.15. The number of H-pyrrole nitrogens is 1. The molecule has 0 saturated carbocycles. The Hall–Kier alpha value is -3.28. The van der Waals surface area contributed by atoms with Crippen molar-refractivity contribution in [3.05, 3.63) is 76.3 Å². The maximum absolute atomic E-state index is 12.4. The first-order valence-electron chi connectivity index (χ1n) is 8.39. The zero-order valence-corrected chi connectivity index (χ0v) is 14.6. The van der Waals surface area contributed by atoms with Crippen molar-refractivity contribution in [3.8, 4) is 17.2 Å². The quantitative estimate of drug-likeness (QED) is 0.711. The molecule has 1 amide bonds. The third kappa shape index (κ3) is 3.85. The second-order valence-electron chi connectivity index (χ2n) is 5.79. The maximum Gasteiger partial charge on any atom is 0.261 e. The number of carbonyl (C=O) groups is 1. The lowest BCUT2D eigenvalue weighted by atomic mass is 10.1. The lowest BCUT2D eigenvalue weighted by molar-refractivity contribution is 0.0938. The van der Waals surface area contributed by atoms with Crippen molar-refractivity contribution in [1.82, 2.24) is 10.3 Å². The van der Waals surface area contributed by atoms with Gasteiger partial charge in [-0.2, -0.15) is 0 Å². The van der Waals surface area contributed by atoms with Crippen molar-refractivity contribution >= 4 is 5.91 Å². The second kappa shape index (κ2) is 7.74. The summed E-state index contributed by atoms with van der Waals surface area (Å²) >= 11 is 0. The van der Waals surface area contributed by atoms with Gasteiger partial charge in [0.2, 0.25) is 0 Å². The summed E-state index contributed by atoms with van der Waals surface area (Å²) in [5, 5.41) is 2.84. The monoisotopic (exact) mass is 352 g/mol. The van der Waals surface area contributed by atoms with Crippen LogP contribution in [-0.2, 0) is 0 Å². The van der Waals surface area contributed by atoms with E-state index in [9.17, 15) is 9.59 Å². The Bertz CT molecular complexity index is 927. The molecule has 6 nitrogen and oxygen atoms in total. The number of hydrogen-bond acceptors (Lipinski definition) is 4. The Morgan fingerprint density at radius 2 is 1.96 bits per heavy atom. The molecule has 1 atom stereocenters. The van der Waals surface area contributed by atoms with E-state index in [0.29, 0.717) is 18.1 Å². The molecule has 0 bridgehead atoms. The molecule has 0 radical (unpaired) electrons. The number of pyridine rings is 1. The van der Waals surface area contributed by atoms with Crippen LogP contribution in [0.2, 0.25) is 0 Å². The second-order valence-corrected chi connectivity index (χ2v) is 5.79. The van der Waals surface area contributed by atoms with E-state index >= 15 is 0 Å². The van der Waals surface area contributed by atoms with Crippen molar-refractivity contribution in [3.63, 3.8) is 0 Å². The fourth-order valence-corrected chi connectivity index (χ4v) is 2.61. The average molecular weight is 352 g/mol. The smallest absolute Gasteiger partial charge is 0.261 e. The predicted octanol–water partition coefficient (Wildman–Crippen LogP) is 3.52. The van der Waals surface area contributed by atoms with Gasteiger partial charge in [0.05, 0.1) is 24.6 Å². The first kappa shape index (κ1) is 17.5. The van der Waals surface area contributed by atoms with E-state index < -0.39 is 11.5 Å². The van der Waals surface area contributed by atoms with E-state index in [2.05, 4.69) is 10.3 Å². The summed E-state index contributed by atoms with van der Waals surface area (Å²) in [5.74, 6) is 0.884. The summed E-state index contributed by atoms with van der Waals surface area (Å²) in [6.45, 7) is 4.38. The van der Waals surface area contributed by atoms with Crippen LogP contribution in [0.15, 0.2) is 64.0 Å². The molecule has 0 aliphatic rings. The molecule has 2 N–H and O–H groups in total. The van der Waals surface area contributed by atoms with Crippen LogP contribution in [0.5, 0.6) is 5.75 Å². The number of carbonyl (C=O) groups excluding carboxylic acids is 1. The number of furan rings is 1. The molecule has 3 rings (SSSR count). The number of aromatic nitrogens is 1. The van der Waals surface area contributed by atoms with Gasteiger partial charge in [-0.15, -0.1) is 0 Å². The fourth-order valence-electron chi connectivity index (χ4n) is 2.61. The minimum absolute atomic E-state index is 0.0538. The van der Waals surface area contributed by atoms with Crippen molar-refractivity contribution in [2.45, 2.75) is 19.9 Å². The molecule has 0 fully saturated rings. The summed E-state index contributed by atoms with van der Waals surface area (Å²) in [6.07, 6.45) is 1.52. The molecular weight excluding hydrogens is 332 g/mol. The third-order valence-corrected chi connectivity index (χ3v) is 3.98. The summed E-state index contributed by atoms with van der Waals surface area (Å²) < 4.78 is 10.7. The maximum atomic E-state index is 12.4. The van der Waals surface area contributed by atoms with Gasteiger partial charge in [0.15, 0.2) is 0 Å².